The first-order valence-corrected chi connectivity index (χ1v) is 11.0. The number of aromatic nitrogens is 2. The summed E-state index contributed by atoms with van der Waals surface area (Å²) in [6.45, 7) is 9.77. The maximum absolute atomic E-state index is 12.6. The second-order valence-corrected chi connectivity index (χ2v) is 9.56. The molecule has 0 radical (unpaired) electrons. The highest BCUT2D eigenvalue weighted by atomic mass is 35.5. The third kappa shape index (κ3) is 4.34. The van der Waals surface area contributed by atoms with E-state index in [1.807, 2.05) is 24.3 Å². The SMILES string of the molecule is CC1=C(CCN2CCc3c(nc(-c4ccc(Cl)cc4)[nH]c3=O)C2)C(C)(C)CCC1. The molecular weight excluding hydrogens is 382 g/mol. The largest absolute Gasteiger partial charge is 0.306 e. The molecule has 0 spiro atoms. The van der Waals surface area contributed by atoms with Crippen molar-refractivity contribution in [3.05, 3.63) is 62.0 Å². The van der Waals surface area contributed by atoms with Gasteiger partial charge in [-0.1, -0.05) is 36.6 Å². The lowest BCUT2D eigenvalue weighted by Crippen LogP contribution is -2.36. The van der Waals surface area contributed by atoms with Crippen LogP contribution in [0.3, 0.4) is 0 Å². The molecule has 0 atom stereocenters. The number of halogens is 1. The fraction of sp³-hybridized carbons (Fsp3) is 0.500. The van der Waals surface area contributed by atoms with Crippen LogP contribution < -0.4 is 5.56 Å². The van der Waals surface area contributed by atoms with Gasteiger partial charge in [0, 0.05) is 35.8 Å². The van der Waals surface area contributed by atoms with E-state index in [0.29, 0.717) is 16.3 Å². The van der Waals surface area contributed by atoms with E-state index in [2.05, 4.69) is 30.7 Å². The molecule has 1 aromatic heterocycles. The average molecular weight is 412 g/mol. The number of nitrogens with zero attached hydrogens (tertiary/aromatic N) is 2. The van der Waals surface area contributed by atoms with Crippen LogP contribution in [-0.2, 0) is 13.0 Å². The fourth-order valence-electron chi connectivity index (χ4n) is 4.93. The van der Waals surface area contributed by atoms with Crippen molar-refractivity contribution < 1.29 is 0 Å². The number of H-pyrrole nitrogens is 1. The number of fused-ring (bicyclic) bond motifs is 1. The first-order chi connectivity index (χ1) is 13.8. The summed E-state index contributed by atoms with van der Waals surface area (Å²) in [7, 11) is 0. The van der Waals surface area contributed by atoms with Crippen LogP contribution in [0.15, 0.2) is 40.2 Å². The van der Waals surface area contributed by atoms with Gasteiger partial charge >= 0.3 is 0 Å². The summed E-state index contributed by atoms with van der Waals surface area (Å²) in [6, 6.07) is 7.44. The summed E-state index contributed by atoms with van der Waals surface area (Å²) in [5, 5.41) is 0.676. The van der Waals surface area contributed by atoms with Gasteiger partial charge in [0.15, 0.2) is 0 Å². The van der Waals surface area contributed by atoms with Crippen molar-refractivity contribution in [1.29, 1.82) is 0 Å². The lowest BCUT2D eigenvalue weighted by molar-refractivity contribution is 0.241. The smallest absolute Gasteiger partial charge is 0.254 e. The zero-order valence-electron chi connectivity index (χ0n) is 17.6. The minimum absolute atomic E-state index is 0.00781. The number of hydrogen-bond acceptors (Lipinski definition) is 3. The standard InChI is InChI=1S/C24H30ClN3O/c1-16-5-4-12-24(2,3)20(16)11-14-28-13-10-19-21(15-28)26-22(27-23(19)29)17-6-8-18(25)9-7-17/h6-9H,4-5,10-15H2,1-3H3,(H,26,27,29). The molecule has 154 valence electrons. The van der Waals surface area contributed by atoms with E-state index in [-0.39, 0.29) is 5.56 Å². The Morgan fingerprint density at radius 1 is 1.21 bits per heavy atom. The number of hydrogen-bond donors (Lipinski definition) is 1. The molecule has 0 unspecified atom stereocenters. The Hall–Kier alpha value is -1.91. The fourth-order valence-corrected chi connectivity index (χ4v) is 5.05. The number of rotatable bonds is 4. The minimum atomic E-state index is -0.00781. The Bertz CT molecular complexity index is 988. The highest BCUT2D eigenvalue weighted by Crippen LogP contribution is 2.41. The first kappa shape index (κ1) is 20.4. The van der Waals surface area contributed by atoms with Crippen molar-refractivity contribution in [2.45, 2.75) is 59.4 Å². The Morgan fingerprint density at radius 2 is 1.97 bits per heavy atom. The van der Waals surface area contributed by atoms with Gasteiger partial charge < -0.3 is 4.98 Å². The monoisotopic (exact) mass is 411 g/mol. The van der Waals surface area contributed by atoms with Crippen LogP contribution in [0.4, 0.5) is 0 Å². The Morgan fingerprint density at radius 3 is 2.69 bits per heavy atom. The average Bonchev–Trinajstić information content (AvgIpc) is 2.67. The molecule has 4 nitrogen and oxygen atoms in total. The lowest BCUT2D eigenvalue weighted by Gasteiger charge is -2.36. The van der Waals surface area contributed by atoms with E-state index >= 15 is 0 Å². The molecule has 1 N–H and O–H groups in total. The van der Waals surface area contributed by atoms with E-state index in [4.69, 9.17) is 16.6 Å². The van der Waals surface area contributed by atoms with Gasteiger partial charge in [-0.2, -0.15) is 0 Å². The second-order valence-electron chi connectivity index (χ2n) is 9.12. The van der Waals surface area contributed by atoms with Crippen LogP contribution >= 0.6 is 11.6 Å². The van der Waals surface area contributed by atoms with Gasteiger partial charge in [-0.3, -0.25) is 9.69 Å². The molecule has 29 heavy (non-hydrogen) atoms. The quantitative estimate of drug-likeness (QED) is 0.688. The second kappa shape index (κ2) is 8.08. The van der Waals surface area contributed by atoms with Crippen LogP contribution in [0.1, 0.15) is 57.7 Å². The van der Waals surface area contributed by atoms with E-state index in [1.165, 1.54) is 19.3 Å². The summed E-state index contributed by atoms with van der Waals surface area (Å²) in [5.41, 5.74) is 6.16. The molecule has 0 fully saturated rings. The molecule has 0 bridgehead atoms. The van der Waals surface area contributed by atoms with Crippen LogP contribution in [0.2, 0.25) is 5.02 Å². The van der Waals surface area contributed by atoms with Crippen molar-refractivity contribution in [2.24, 2.45) is 5.41 Å². The summed E-state index contributed by atoms with van der Waals surface area (Å²) < 4.78 is 0. The number of benzene rings is 1. The predicted molar refractivity (Wildman–Crippen MR) is 119 cm³/mol. The summed E-state index contributed by atoms with van der Waals surface area (Å²) in [6.07, 6.45) is 5.70. The highest BCUT2D eigenvalue weighted by Gasteiger charge is 2.29. The molecule has 5 heteroatoms. The summed E-state index contributed by atoms with van der Waals surface area (Å²) >= 11 is 5.99. The van der Waals surface area contributed by atoms with Crippen LogP contribution in [0.25, 0.3) is 11.4 Å². The van der Waals surface area contributed by atoms with Gasteiger partial charge in [-0.15, -0.1) is 0 Å². The summed E-state index contributed by atoms with van der Waals surface area (Å²) in [5.74, 6) is 0.624. The number of aromatic amines is 1. The number of allylic oxidation sites excluding steroid dienone is 1. The molecular formula is C24H30ClN3O. The molecule has 1 aromatic carbocycles. The minimum Gasteiger partial charge on any atom is -0.306 e. The molecule has 0 saturated heterocycles. The van der Waals surface area contributed by atoms with Gasteiger partial charge in [-0.05, 0) is 68.7 Å². The molecule has 0 amide bonds. The summed E-state index contributed by atoms with van der Waals surface area (Å²) in [4.78, 5) is 22.8. The van der Waals surface area contributed by atoms with E-state index in [0.717, 1.165) is 49.3 Å². The predicted octanol–water partition coefficient (Wildman–Crippen LogP) is 5.37. The third-order valence-electron chi connectivity index (χ3n) is 6.63. The van der Waals surface area contributed by atoms with E-state index in [1.54, 1.807) is 11.1 Å². The van der Waals surface area contributed by atoms with Crippen molar-refractivity contribution in [3.8, 4) is 11.4 Å². The highest BCUT2D eigenvalue weighted by molar-refractivity contribution is 6.30. The normalized spacial score (nSPS) is 19.3. The maximum Gasteiger partial charge on any atom is 0.254 e. The lowest BCUT2D eigenvalue weighted by atomic mass is 9.71. The van der Waals surface area contributed by atoms with Crippen LogP contribution in [-0.4, -0.2) is 28.0 Å². The van der Waals surface area contributed by atoms with Gasteiger partial charge in [0.05, 0.1) is 5.69 Å². The van der Waals surface area contributed by atoms with Gasteiger partial charge in [0.25, 0.3) is 5.56 Å². The zero-order chi connectivity index (χ0) is 20.6. The van der Waals surface area contributed by atoms with Crippen molar-refractivity contribution in [1.82, 2.24) is 14.9 Å². The van der Waals surface area contributed by atoms with Crippen LogP contribution in [0.5, 0.6) is 0 Å². The molecule has 4 rings (SSSR count). The molecule has 2 aliphatic rings. The Kier molecular flexibility index (Phi) is 5.67. The number of nitrogens with one attached hydrogen (secondary N) is 1. The molecule has 1 aliphatic carbocycles. The van der Waals surface area contributed by atoms with Gasteiger partial charge in [-0.25, -0.2) is 4.98 Å². The topological polar surface area (TPSA) is 49.0 Å². The maximum atomic E-state index is 12.6. The first-order valence-electron chi connectivity index (χ1n) is 10.6. The zero-order valence-corrected chi connectivity index (χ0v) is 18.4. The molecule has 2 aromatic rings. The Labute approximate surface area is 178 Å². The van der Waals surface area contributed by atoms with Crippen molar-refractivity contribution in [3.63, 3.8) is 0 Å². The van der Waals surface area contributed by atoms with E-state index < -0.39 is 0 Å². The molecule has 2 heterocycles. The van der Waals surface area contributed by atoms with Crippen molar-refractivity contribution in [2.75, 3.05) is 13.1 Å². The van der Waals surface area contributed by atoms with Crippen molar-refractivity contribution >= 4 is 11.6 Å². The van der Waals surface area contributed by atoms with Gasteiger partial charge in [0.2, 0.25) is 0 Å². The molecule has 0 saturated carbocycles. The van der Waals surface area contributed by atoms with Crippen LogP contribution in [0, 0.1) is 5.41 Å². The molecule has 1 aliphatic heterocycles. The van der Waals surface area contributed by atoms with Gasteiger partial charge in [0.1, 0.15) is 5.82 Å². The third-order valence-corrected chi connectivity index (χ3v) is 6.89. The van der Waals surface area contributed by atoms with E-state index in [9.17, 15) is 4.79 Å². The Balaban J connectivity index is 1.52.